The fraction of sp³-hybridized carbons (Fsp3) is 0.500. The van der Waals surface area contributed by atoms with Crippen LogP contribution in [0.25, 0.3) is 0 Å². The predicted octanol–water partition coefficient (Wildman–Crippen LogP) is 0.865. The number of nitro groups is 1. The molecule has 8 nitrogen and oxygen atoms in total. The Balaban J connectivity index is 2.25. The minimum absolute atomic E-state index is 0.000830. The van der Waals surface area contributed by atoms with Gasteiger partial charge in [-0.15, -0.1) is 0 Å². The molecule has 1 saturated heterocycles. The first-order chi connectivity index (χ1) is 8.61. The van der Waals surface area contributed by atoms with Crippen molar-refractivity contribution < 1.29 is 9.66 Å². The van der Waals surface area contributed by atoms with E-state index < -0.39 is 4.92 Å². The van der Waals surface area contributed by atoms with Crippen molar-refractivity contribution >= 4 is 17.3 Å². The van der Waals surface area contributed by atoms with Gasteiger partial charge in [0.1, 0.15) is 5.82 Å². The number of hydrogen-bond donors (Lipinski definition) is 3. The molecule has 1 aliphatic rings. The largest absolute Gasteiger partial charge is 0.376 e. The Morgan fingerprint density at radius 3 is 2.94 bits per heavy atom. The lowest BCUT2D eigenvalue weighted by Crippen LogP contribution is -2.27. The number of nitrogen functional groups attached to an aromatic ring is 1. The zero-order valence-electron chi connectivity index (χ0n) is 9.92. The van der Waals surface area contributed by atoms with Gasteiger partial charge in [0, 0.05) is 12.7 Å². The van der Waals surface area contributed by atoms with Gasteiger partial charge in [-0.05, 0) is 19.4 Å². The van der Waals surface area contributed by atoms with Gasteiger partial charge in [-0.2, -0.15) is 0 Å². The smallest absolute Gasteiger partial charge is 0.311 e. The van der Waals surface area contributed by atoms with E-state index in [1.807, 2.05) is 6.92 Å². The molecular weight excluding hydrogens is 238 g/mol. The summed E-state index contributed by atoms with van der Waals surface area (Å²) in [5.41, 5.74) is 2.29. The molecule has 98 valence electrons. The normalized spacial score (nSPS) is 22.8. The van der Waals surface area contributed by atoms with Crippen LogP contribution in [0.15, 0.2) is 12.1 Å². The van der Waals surface area contributed by atoms with Crippen molar-refractivity contribution in [2.45, 2.75) is 25.5 Å². The highest BCUT2D eigenvalue weighted by Gasteiger charge is 2.27. The Labute approximate surface area is 104 Å². The first-order valence-corrected chi connectivity index (χ1v) is 5.62. The third-order valence-electron chi connectivity index (χ3n) is 2.92. The highest BCUT2D eigenvalue weighted by Crippen LogP contribution is 2.27. The molecule has 0 aliphatic carbocycles. The number of anilines is 2. The van der Waals surface area contributed by atoms with E-state index in [1.165, 1.54) is 12.1 Å². The molecule has 0 bridgehead atoms. The van der Waals surface area contributed by atoms with Gasteiger partial charge in [0.2, 0.25) is 5.82 Å². The quantitative estimate of drug-likeness (QED) is 0.414. The maximum atomic E-state index is 10.9. The molecule has 4 N–H and O–H groups in total. The van der Waals surface area contributed by atoms with Crippen LogP contribution in [0.5, 0.6) is 0 Å². The number of aromatic nitrogens is 1. The topological polar surface area (TPSA) is 115 Å². The second kappa shape index (κ2) is 5.15. The van der Waals surface area contributed by atoms with Crippen LogP contribution in [0, 0.1) is 10.1 Å². The average molecular weight is 253 g/mol. The Bertz CT molecular complexity index is 453. The third kappa shape index (κ3) is 2.49. The molecule has 2 unspecified atom stereocenters. The van der Waals surface area contributed by atoms with Gasteiger partial charge >= 0.3 is 5.69 Å². The summed E-state index contributed by atoms with van der Waals surface area (Å²) in [6.45, 7) is 2.56. The molecule has 0 saturated carbocycles. The lowest BCUT2D eigenvalue weighted by molar-refractivity contribution is -0.384. The van der Waals surface area contributed by atoms with Crippen molar-refractivity contribution in [1.29, 1.82) is 0 Å². The number of hydrazine groups is 1. The standard InChI is InChI=1S/C10H15N5O3/c1-6-7(4-5-18-6)12-10-8(15(16)17)2-3-9(13-10)14-11/h2-3,6-7H,4-5,11H2,1H3,(H2,12,13,14). The Hall–Kier alpha value is -1.93. The number of ether oxygens (including phenoxy) is 1. The summed E-state index contributed by atoms with van der Waals surface area (Å²) in [5, 5.41) is 14.0. The summed E-state index contributed by atoms with van der Waals surface area (Å²) in [4.78, 5) is 14.5. The molecule has 2 heterocycles. The van der Waals surface area contributed by atoms with E-state index in [-0.39, 0.29) is 23.7 Å². The Kier molecular flexibility index (Phi) is 3.58. The fourth-order valence-electron chi connectivity index (χ4n) is 1.88. The number of rotatable bonds is 4. The van der Waals surface area contributed by atoms with Crippen LogP contribution in [-0.2, 0) is 4.74 Å². The molecular formula is C10H15N5O3. The van der Waals surface area contributed by atoms with Gasteiger partial charge in [0.05, 0.1) is 17.1 Å². The van der Waals surface area contributed by atoms with Crippen LogP contribution >= 0.6 is 0 Å². The van der Waals surface area contributed by atoms with Gasteiger partial charge in [0.25, 0.3) is 0 Å². The molecule has 8 heteroatoms. The molecule has 0 aromatic carbocycles. The minimum Gasteiger partial charge on any atom is -0.376 e. The van der Waals surface area contributed by atoms with Crippen molar-refractivity contribution in [3.05, 3.63) is 22.2 Å². The molecule has 2 atom stereocenters. The van der Waals surface area contributed by atoms with E-state index in [0.29, 0.717) is 12.4 Å². The summed E-state index contributed by atoms with van der Waals surface area (Å²) in [6, 6.07) is 2.84. The fourth-order valence-corrected chi connectivity index (χ4v) is 1.88. The van der Waals surface area contributed by atoms with E-state index in [2.05, 4.69) is 15.7 Å². The second-order valence-corrected chi connectivity index (χ2v) is 4.08. The van der Waals surface area contributed by atoms with Crippen LogP contribution in [0.3, 0.4) is 0 Å². The zero-order valence-corrected chi connectivity index (χ0v) is 9.92. The second-order valence-electron chi connectivity index (χ2n) is 4.08. The van der Waals surface area contributed by atoms with Crippen molar-refractivity contribution in [3.8, 4) is 0 Å². The van der Waals surface area contributed by atoms with Gasteiger partial charge in [-0.25, -0.2) is 10.8 Å². The van der Waals surface area contributed by atoms with Crippen LogP contribution in [0.1, 0.15) is 13.3 Å². The first-order valence-electron chi connectivity index (χ1n) is 5.62. The number of nitrogens with zero attached hydrogens (tertiary/aromatic N) is 2. The van der Waals surface area contributed by atoms with E-state index in [0.717, 1.165) is 6.42 Å². The molecule has 0 spiro atoms. The molecule has 1 aromatic heterocycles. The van der Waals surface area contributed by atoms with Gasteiger partial charge in [-0.3, -0.25) is 10.1 Å². The van der Waals surface area contributed by atoms with E-state index in [4.69, 9.17) is 10.6 Å². The van der Waals surface area contributed by atoms with Crippen LogP contribution < -0.4 is 16.6 Å². The molecule has 1 aromatic rings. The summed E-state index contributed by atoms with van der Waals surface area (Å²) < 4.78 is 5.39. The summed E-state index contributed by atoms with van der Waals surface area (Å²) in [5.74, 6) is 5.82. The van der Waals surface area contributed by atoms with Crippen LogP contribution in [0.2, 0.25) is 0 Å². The molecule has 2 rings (SSSR count). The number of nitrogens with two attached hydrogens (primary N) is 1. The SMILES string of the molecule is CC1OCCC1Nc1nc(NN)ccc1[N+](=O)[O-]. The molecule has 18 heavy (non-hydrogen) atoms. The minimum atomic E-state index is -0.476. The molecule has 0 radical (unpaired) electrons. The number of pyridine rings is 1. The lowest BCUT2D eigenvalue weighted by atomic mass is 10.1. The van der Waals surface area contributed by atoms with Crippen molar-refractivity contribution in [2.75, 3.05) is 17.3 Å². The maximum Gasteiger partial charge on any atom is 0.311 e. The highest BCUT2D eigenvalue weighted by molar-refractivity contribution is 5.60. The zero-order chi connectivity index (χ0) is 13.1. The summed E-state index contributed by atoms with van der Waals surface area (Å²) in [6.07, 6.45) is 0.793. The van der Waals surface area contributed by atoms with E-state index in [1.54, 1.807) is 0 Å². The summed E-state index contributed by atoms with van der Waals surface area (Å²) in [7, 11) is 0. The molecule has 1 fully saturated rings. The number of hydrogen-bond acceptors (Lipinski definition) is 7. The van der Waals surface area contributed by atoms with Crippen molar-refractivity contribution in [2.24, 2.45) is 5.84 Å². The van der Waals surface area contributed by atoms with Crippen molar-refractivity contribution in [3.63, 3.8) is 0 Å². The first kappa shape index (κ1) is 12.5. The molecule has 0 amide bonds. The monoisotopic (exact) mass is 253 g/mol. The Morgan fingerprint density at radius 1 is 1.61 bits per heavy atom. The van der Waals surface area contributed by atoms with Crippen LogP contribution in [-0.4, -0.2) is 28.7 Å². The summed E-state index contributed by atoms with van der Waals surface area (Å²) >= 11 is 0. The van der Waals surface area contributed by atoms with Gasteiger partial charge < -0.3 is 15.5 Å². The van der Waals surface area contributed by atoms with Crippen LogP contribution in [0.4, 0.5) is 17.3 Å². The van der Waals surface area contributed by atoms with Gasteiger partial charge in [-0.1, -0.05) is 0 Å². The molecule has 1 aliphatic heterocycles. The van der Waals surface area contributed by atoms with Gasteiger partial charge in [0.15, 0.2) is 0 Å². The van der Waals surface area contributed by atoms with E-state index >= 15 is 0 Å². The number of nitrogens with one attached hydrogen (secondary N) is 2. The third-order valence-corrected chi connectivity index (χ3v) is 2.92. The average Bonchev–Trinajstić information content (AvgIpc) is 2.74. The Morgan fingerprint density at radius 2 is 2.39 bits per heavy atom. The lowest BCUT2D eigenvalue weighted by Gasteiger charge is -2.16. The predicted molar refractivity (Wildman–Crippen MR) is 66.1 cm³/mol. The highest BCUT2D eigenvalue weighted by atomic mass is 16.6. The van der Waals surface area contributed by atoms with Crippen molar-refractivity contribution in [1.82, 2.24) is 4.98 Å². The maximum absolute atomic E-state index is 10.9. The van der Waals surface area contributed by atoms with E-state index in [9.17, 15) is 10.1 Å².